The Hall–Kier alpha value is -1.33. The minimum atomic E-state index is -0.297. The predicted octanol–water partition coefficient (Wildman–Crippen LogP) is 2.15. The summed E-state index contributed by atoms with van der Waals surface area (Å²) in [5.74, 6) is 0.570. The minimum absolute atomic E-state index is 0.0937. The molecule has 0 radical (unpaired) electrons. The molecule has 0 bridgehead atoms. The number of pyridine rings is 1. The fraction of sp³-hybridized carbons (Fsp3) is 0.571. The van der Waals surface area contributed by atoms with Gasteiger partial charge in [0.1, 0.15) is 5.82 Å². The van der Waals surface area contributed by atoms with Crippen molar-refractivity contribution in [3.8, 4) is 0 Å². The molecule has 2 N–H and O–H groups in total. The summed E-state index contributed by atoms with van der Waals surface area (Å²) >= 11 is 6.09. The van der Waals surface area contributed by atoms with Crippen molar-refractivity contribution in [1.29, 1.82) is 0 Å². The van der Waals surface area contributed by atoms with Crippen LogP contribution in [0.4, 0.5) is 5.82 Å². The van der Waals surface area contributed by atoms with E-state index in [1.165, 1.54) is 6.20 Å². The van der Waals surface area contributed by atoms with Crippen LogP contribution < -0.4 is 5.32 Å². The number of rotatable bonds is 4. The Morgan fingerprint density at radius 1 is 1.55 bits per heavy atom. The second kappa shape index (κ2) is 6.90. The van der Waals surface area contributed by atoms with Crippen LogP contribution >= 0.6 is 11.6 Å². The highest BCUT2D eigenvalue weighted by Crippen LogP contribution is 2.22. The summed E-state index contributed by atoms with van der Waals surface area (Å²) in [5.41, 5.74) is 0.469. The van der Waals surface area contributed by atoms with Gasteiger partial charge in [-0.1, -0.05) is 18.5 Å². The number of anilines is 1. The van der Waals surface area contributed by atoms with Crippen LogP contribution in [0.15, 0.2) is 12.3 Å². The normalized spacial score (nSPS) is 16.2. The maximum absolute atomic E-state index is 12.5. The summed E-state index contributed by atoms with van der Waals surface area (Å²) in [5, 5.41) is 13.0. The van der Waals surface area contributed by atoms with E-state index in [4.69, 9.17) is 11.6 Å². The van der Waals surface area contributed by atoms with E-state index in [0.29, 0.717) is 42.3 Å². The topological polar surface area (TPSA) is 65.5 Å². The quantitative estimate of drug-likeness (QED) is 0.894. The second-order valence-electron chi connectivity index (χ2n) is 5.00. The van der Waals surface area contributed by atoms with Gasteiger partial charge in [-0.15, -0.1) is 0 Å². The van der Waals surface area contributed by atoms with Gasteiger partial charge in [-0.05, 0) is 25.3 Å². The number of amides is 1. The molecule has 0 saturated carbocycles. The molecule has 1 amide bonds. The van der Waals surface area contributed by atoms with E-state index in [0.717, 1.165) is 13.0 Å². The van der Waals surface area contributed by atoms with Crippen molar-refractivity contribution in [2.75, 3.05) is 25.0 Å². The van der Waals surface area contributed by atoms with Crippen LogP contribution in [-0.4, -0.2) is 46.6 Å². The zero-order valence-electron chi connectivity index (χ0n) is 11.6. The predicted molar refractivity (Wildman–Crippen MR) is 79.2 cm³/mol. The molecular weight excluding hydrogens is 278 g/mol. The zero-order chi connectivity index (χ0) is 14.5. The molecule has 20 heavy (non-hydrogen) atoms. The van der Waals surface area contributed by atoms with Crippen LogP contribution in [0, 0.1) is 0 Å². The number of carbonyl (C=O) groups excluding carboxylic acids is 1. The van der Waals surface area contributed by atoms with Gasteiger partial charge in [0, 0.05) is 25.8 Å². The van der Waals surface area contributed by atoms with Crippen LogP contribution in [-0.2, 0) is 0 Å². The van der Waals surface area contributed by atoms with Crippen molar-refractivity contribution in [3.05, 3.63) is 22.8 Å². The highest BCUT2D eigenvalue weighted by atomic mass is 35.5. The summed E-state index contributed by atoms with van der Waals surface area (Å²) in [6, 6.07) is 1.70. The van der Waals surface area contributed by atoms with E-state index in [-0.39, 0.29) is 12.0 Å². The van der Waals surface area contributed by atoms with E-state index in [9.17, 15) is 9.90 Å². The first-order chi connectivity index (χ1) is 9.61. The molecule has 6 heteroatoms. The summed E-state index contributed by atoms with van der Waals surface area (Å²) in [6.45, 7) is 4.00. The average molecular weight is 298 g/mol. The van der Waals surface area contributed by atoms with E-state index in [1.807, 2.05) is 0 Å². The number of nitrogens with zero attached hydrogens (tertiary/aromatic N) is 2. The molecular formula is C14H20ClN3O2. The Balaban J connectivity index is 2.12. The highest BCUT2D eigenvalue weighted by Gasteiger charge is 2.24. The van der Waals surface area contributed by atoms with Crippen molar-refractivity contribution in [2.24, 2.45) is 0 Å². The standard InChI is InChI=1S/C14H20ClN3O2/c1-2-5-16-13-8-11(12(15)9-17-13)14(20)18-6-3-10(19)4-7-18/h8-10,19H,2-7H2,1H3,(H,16,17). The molecule has 0 unspecified atom stereocenters. The lowest BCUT2D eigenvalue weighted by molar-refractivity contribution is 0.0546. The molecule has 1 aromatic heterocycles. The first-order valence-corrected chi connectivity index (χ1v) is 7.36. The third kappa shape index (κ3) is 3.61. The van der Waals surface area contributed by atoms with Gasteiger partial charge in [0.2, 0.25) is 0 Å². The van der Waals surface area contributed by atoms with Gasteiger partial charge in [-0.25, -0.2) is 4.98 Å². The number of hydrogen-bond acceptors (Lipinski definition) is 4. The molecule has 110 valence electrons. The summed E-state index contributed by atoms with van der Waals surface area (Å²) in [4.78, 5) is 18.4. The van der Waals surface area contributed by atoms with Crippen molar-refractivity contribution in [2.45, 2.75) is 32.3 Å². The van der Waals surface area contributed by atoms with E-state index in [2.05, 4.69) is 17.2 Å². The number of hydrogen-bond donors (Lipinski definition) is 2. The lowest BCUT2D eigenvalue weighted by atomic mass is 10.1. The Morgan fingerprint density at radius 3 is 2.90 bits per heavy atom. The van der Waals surface area contributed by atoms with Gasteiger partial charge in [0.25, 0.3) is 5.91 Å². The second-order valence-corrected chi connectivity index (χ2v) is 5.41. The van der Waals surface area contributed by atoms with Crippen LogP contribution in [0.25, 0.3) is 0 Å². The highest BCUT2D eigenvalue weighted by molar-refractivity contribution is 6.33. The SMILES string of the molecule is CCCNc1cc(C(=O)N2CCC(O)CC2)c(Cl)cn1. The smallest absolute Gasteiger partial charge is 0.255 e. The Bertz CT molecular complexity index is 473. The minimum Gasteiger partial charge on any atom is -0.393 e. The van der Waals surface area contributed by atoms with Crippen molar-refractivity contribution in [1.82, 2.24) is 9.88 Å². The van der Waals surface area contributed by atoms with E-state index in [1.54, 1.807) is 11.0 Å². The van der Waals surface area contributed by atoms with Crippen LogP contribution in [0.3, 0.4) is 0 Å². The largest absolute Gasteiger partial charge is 0.393 e. The van der Waals surface area contributed by atoms with Gasteiger partial charge in [0.15, 0.2) is 0 Å². The number of aliphatic hydroxyl groups is 1. The molecule has 1 aliphatic heterocycles. The Labute approximate surface area is 123 Å². The number of aliphatic hydroxyl groups excluding tert-OH is 1. The number of nitrogens with one attached hydrogen (secondary N) is 1. The van der Waals surface area contributed by atoms with Crippen LogP contribution in [0.5, 0.6) is 0 Å². The molecule has 2 heterocycles. The van der Waals surface area contributed by atoms with Gasteiger partial charge >= 0.3 is 0 Å². The number of likely N-dealkylation sites (tertiary alicyclic amines) is 1. The lowest BCUT2D eigenvalue weighted by Gasteiger charge is -2.29. The zero-order valence-corrected chi connectivity index (χ0v) is 12.4. The molecule has 1 aromatic rings. The first-order valence-electron chi connectivity index (χ1n) is 6.98. The van der Waals surface area contributed by atoms with Gasteiger partial charge in [0.05, 0.1) is 16.7 Å². The molecule has 1 saturated heterocycles. The lowest BCUT2D eigenvalue weighted by Crippen LogP contribution is -2.40. The molecule has 0 atom stereocenters. The number of aromatic nitrogens is 1. The third-order valence-corrected chi connectivity index (χ3v) is 3.69. The maximum Gasteiger partial charge on any atom is 0.255 e. The van der Waals surface area contributed by atoms with E-state index < -0.39 is 0 Å². The molecule has 1 aliphatic rings. The average Bonchev–Trinajstić information content (AvgIpc) is 2.46. The molecule has 2 rings (SSSR count). The van der Waals surface area contributed by atoms with Crippen LogP contribution in [0.1, 0.15) is 36.5 Å². The molecule has 0 aromatic carbocycles. The van der Waals surface area contributed by atoms with Gasteiger partial charge in [-0.2, -0.15) is 0 Å². The molecule has 1 fully saturated rings. The summed E-state index contributed by atoms with van der Waals surface area (Å²) in [6.07, 6.45) is 3.43. The molecule has 0 spiro atoms. The Kier molecular flexibility index (Phi) is 5.20. The first kappa shape index (κ1) is 15.1. The fourth-order valence-corrected chi connectivity index (χ4v) is 2.38. The van der Waals surface area contributed by atoms with E-state index >= 15 is 0 Å². The third-order valence-electron chi connectivity index (χ3n) is 3.39. The summed E-state index contributed by atoms with van der Waals surface area (Å²) < 4.78 is 0. The number of halogens is 1. The van der Waals surface area contributed by atoms with Gasteiger partial charge < -0.3 is 15.3 Å². The maximum atomic E-state index is 12.5. The molecule has 5 nitrogen and oxygen atoms in total. The fourth-order valence-electron chi connectivity index (χ4n) is 2.19. The van der Waals surface area contributed by atoms with Crippen molar-refractivity contribution >= 4 is 23.3 Å². The monoisotopic (exact) mass is 297 g/mol. The number of piperidine rings is 1. The Morgan fingerprint density at radius 2 is 2.25 bits per heavy atom. The van der Waals surface area contributed by atoms with Crippen molar-refractivity contribution in [3.63, 3.8) is 0 Å². The van der Waals surface area contributed by atoms with Crippen molar-refractivity contribution < 1.29 is 9.90 Å². The molecule has 0 aliphatic carbocycles. The number of carbonyl (C=O) groups is 1. The summed E-state index contributed by atoms with van der Waals surface area (Å²) in [7, 11) is 0. The van der Waals surface area contributed by atoms with Crippen LogP contribution in [0.2, 0.25) is 5.02 Å². The van der Waals surface area contributed by atoms with Gasteiger partial charge in [-0.3, -0.25) is 4.79 Å².